The van der Waals surface area contributed by atoms with Crippen LogP contribution in [0.2, 0.25) is 0 Å². The summed E-state index contributed by atoms with van der Waals surface area (Å²) in [4.78, 5) is 26.3. The van der Waals surface area contributed by atoms with Crippen LogP contribution in [0, 0.1) is 0 Å². The van der Waals surface area contributed by atoms with Gasteiger partial charge in [0, 0.05) is 23.9 Å². The highest BCUT2D eigenvalue weighted by Gasteiger charge is 2.24. The minimum atomic E-state index is -0.107. The number of quaternary nitrogens is 2. The van der Waals surface area contributed by atoms with Crippen molar-refractivity contribution in [3.63, 3.8) is 0 Å². The second-order valence-electron chi connectivity index (χ2n) is 7.15. The molecule has 142 valence electrons. The quantitative estimate of drug-likeness (QED) is 0.559. The van der Waals surface area contributed by atoms with Crippen LogP contribution in [-0.4, -0.2) is 44.5 Å². The zero-order valence-corrected chi connectivity index (χ0v) is 15.8. The van der Waals surface area contributed by atoms with E-state index in [9.17, 15) is 9.59 Å². The van der Waals surface area contributed by atoms with Crippen LogP contribution in [0.5, 0.6) is 0 Å². The highest BCUT2D eigenvalue weighted by atomic mass is 16.2. The van der Waals surface area contributed by atoms with Gasteiger partial charge in [-0.15, -0.1) is 0 Å². The van der Waals surface area contributed by atoms with Gasteiger partial charge in [0.1, 0.15) is 32.7 Å². The number of hydrogen-bond acceptors (Lipinski definition) is 2. The van der Waals surface area contributed by atoms with Crippen LogP contribution in [-0.2, 0) is 16.1 Å². The van der Waals surface area contributed by atoms with Gasteiger partial charge in [-0.1, -0.05) is 30.3 Å². The first-order chi connectivity index (χ1) is 13.1. The van der Waals surface area contributed by atoms with Crippen molar-refractivity contribution in [1.29, 1.82) is 0 Å². The first kappa shape index (κ1) is 19.1. The molecule has 6 nitrogen and oxygen atoms in total. The average molecular weight is 368 g/mol. The summed E-state index contributed by atoms with van der Waals surface area (Å²) in [5, 5.41) is 5.66. The third-order valence-electron chi connectivity index (χ3n) is 4.86. The molecule has 6 heteroatoms. The Bertz CT molecular complexity index is 754. The summed E-state index contributed by atoms with van der Waals surface area (Å²) >= 11 is 0. The van der Waals surface area contributed by atoms with Crippen LogP contribution in [0.4, 0.5) is 11.4 Å². The molecule has 1 heterocycles. The summed E-state index contributed by atoms with van der Waals surface area (Å²) in [7, 11) is 0. The smallest absolute Gasteiger partial charge is 0.279 e. The number of carbonyl (C=O) groups excluding carboxylic acids is 2. The predicted molar refractivity (Wildman–Crippen MR) is 106 cm³/mol. The lowest BCUT2D eigenvalue weighted by molar-refractivity contribution is -1.02. The zero-order valence-electron chi connectivity index (χ0n) is 15.8. The van der Waals surface area contributed by atoms with Crippen LogP contribution < -0.4 is 20.4 Å². The van der Waals surface area contributed by atoms with Crippen molar-refractivity contribution in [2.24, 2.45) is 0 Å². The molecule has 0 aromatic heterocycles. The summed E-state index contributed by atoms with van der Waals surface area (Å²) in [5.41, 5.74) is 2.85. The molecule has 3 rings (SSSR count). The monoisotopic (exact) mass is 368 g/mol. The molecule has 2 aromatic carbocycles. The molecular formula is C21H28N4O2+2. The maximum atomic E-state index is 12.3. The Labute approximate surface area is 160 Å². The summed E-state index contributed by atoms with van der Waals surface area (Å²) in [5.74, 6) is -0.0762. The Hall–Kier alpha value is -2.70. The van der Waals surface area contributed by atoms with E-state index in [1.165, 1.54) is 17.4 Å². The lowest BCUT2D eigenvalue weighted by Crippen LogP contribution is -3.28. The lowest BCUT2D eigenvalue weighted by atomic mass is 10.2. The number of piperazine rings is 1. The van der Waals surface area contributed by atoms with Crippen molar-refractivity contribution in [3.8, 4) is 0 Å². The van der Waals surface area contributed by atoms with E-state index in [-0.39, 0.29) is 11.8 Å². The molecular weight excluding hydrogens is 340 g/mol. The summed E-state index contributed by atoms with van der Waals surface area (Å²) in [6, 6.07) is 17.8. The Morgan fingerprint density at radius 3 is 1.96 bits per heavy atom. The fraction of sp³-hybridized carbons (Fsp3) is 0.333. The molecule has 0 spiro atoms. The van der Waals surface area contributed by atoms with E-state index < -0.39 is 0 Å². The SMILES string of the molecule is CC(=O)Nc1ccc(NC(=O)C[NH+]2CC[NH+](Cc3ccccc3)CC2)cc1. The Morgan fingerprint density at radius 1 is 0.815 bits per heavy atom. The average Bonchev–Trinajstić information content (AvgIpc) is 2.65. The molecule has 1 aliphatic heterocycles. The molecule has 1 saturated heterocycles. The highest BCUT2D eigenvalue weighted by molar-refractivity contribution is 5.92. The van der Waals surface area contributed by atoms with Crippen molar-refractivity contribution in [1.82, 2.24) is 0 Å². The van der Waals surface area contributed by atoms with Gasteiger partial charge in [0.2, 0.25) is 5.91 Å². The molecule has 2 aromatic rings. The van der Waals surface area contributed by atoms with Crippen molar-refractivity contribution >= 4 is 23.2 Å². The highest BCUT2D eigenvalue weighted by Crippen LogP contribution is 2.13. The zero-order chi connectivity index (χ0) is 19.1. The molecule has 0 aliphatic carbocycles. The van der Waals surface area contributed by atoms with Gasteiger partial charge in [0.15, 0.2) is 6.54 Å². The van der Waals surface area contributed by atoms with Gasteiger partial charge in [-0.3, -0.25) is 9.59 Å². The number of anilines is 2. The molecule has 0 bridgehead atoms. The van der Waals surface area contributed by atoms with E-state index in [4.69, 9.17) is 0 Å². The first-order valence-corrected chi connectivity index (χ1v) is 9.47. The minimum absolute atomic E-state index is 0.0313. The second-order valence-corrected chi connectivity index (χ2v) is 7.15. The molecule has 2 amide bonds. The maximum absolute atomic E-state index is 12.3. The Kier molecular flexibility index (Phi) is 6.57. The van der Waals surface area contributed by atoms with Crippen molar-refractivity contribution in [2.45, 2.75) is 13.5 Å². The largest absolute Gasteiger partial charge is 0.326 e. The van der Waals surface area contributed by atoms with Gasteiger partial charge in [0.05, 0.1) is 0 Å². The van der Waals surface area contributed by atoms with Gasteiger partial charge in [-0.25, -0.2) is 0 Å². The van der Waals surface area contributed by atoms with Gasteiger partial charge in [-0.2, -0.15) is 0 Å². The molecule has 0 atom stereocenters. The van der Waals surface area contributed by atoms with E-state index in [0.717, 1.165) is 44.1 Å². The lowest BCUT2D eigenvalue weighted by Gasteiger charge is -2.29. The van der Waals surface area contributed by atoms with Crippen LogP contribution in [0.3, 0.4) is 0 Å². The third-order valence-corrected chi connectivity index (χ3v) is 4.86. The number of carbonyl (C=O) groups is 2. The minimum Gasteiger partial charge on any atom is -0.326 e. The summed E-state index contributed by atoms with van der Waals surface area (Å²) < 4.78 is 0. The fourth-order valence-electron chi connectivity index (χ4n) is 3.47. The predicted octanol–water partition coefficient (Wildman–Crippen LogP) is -0.433. The van der Waals surface area contributed by atoms with Crippen LogP contribution in [0.1, 0.15) is 12.5 Å². The van der Waals surface area contributed by atoms with E-state index in [2.05, 4.69) is 34.9 Å². The molecule has 4 N–H and O–H groups in total. The third kappa shape index (κ3) is 6.20. The molecule has 27 heavy (non-hydrogen) atoms. The van der Waals surface area contributed by atoms with Crippen molar-refractivity contribution in [2.75, 3.05) is 43.4 Å². The summed E-state index contributed by atoms with van der Waals surface area (Å²) in [6.07, 6.45) is 0. The Balaban J connectivity index is 1.41. The van der Waals surface area contributed by atoms with Crippen LogP contribution >= 0.6 is 0 Å². The Morgan fingerprint density at radius 2 is 1.37 bits per heavy atom. The van der Waals surface area contributed by atoms with E-state index in [1.54, 1.807) is 29.2 Å². The van der Waals surface area contributed by atoms with Crippen LogP contribution in [0.25, 0.3) is 0 Å². The molecule has 0 radical (unpaired) electrons. The van der Waals surface area contributed by atoms with E-state index in [1.807, 2.05) is 6.07 Å². The van der Waals surface area contributed by atoms with Crippen molar-refractivity contribution < 1.29 is 19.4 Å². The standard InChI is InChI=1S/C21H26N4O2/c1-17(26)22-19-7-9-20(10-8-19)23-21(27)16-25-13-11-24(12-14-25)15-18-5-3-2-4-6-18/h2-10H,11-16H2,1H3,(H,22,26)(H,23,27)/p+2. The van der Waals surface area contributed by atoms with Gasteiger partial charge in [0.25, 0.3) is 5.91 Å². The van der Waals surface area contributed by atoms with E-state index in [0.29, 0.717) is 6.54 Å². The van der Waals surface area contributed by atoms with Gasteiger partial charge < -0.3 is 20.4 Å². The van der Waals surface area contributed by atoms with Crippen LogP contribution in [0.15, 0.2) is 54.6 Å². The number of rotatable bonds is 6. The molecule has 1 fully saturated rings. The fourth-order valence-corrected chi connectivity index (χ4v) is 3.47. The molecule has 1 aliphatic rings. The second kappa shape index (κ2) is 9.30. The van der Waals surface area contributed by atoms with E-state index >= 15 is 0 Å². The topological polar surface area (TPSA) is 67.1 Å². The van der Waals surface area contributed by atoms with Gasteiger partial charge >= 0.3 is 0 Å². The number of amides is 2. The maximum Gasteiger partial charge on any atom is 0.279 e. The normalized spacial score (nSPS) is 19.3. The van der Waals surface area contributed by atoms with Gasteiger partial charge in [-0.05, 0) is 24.3 Å². The number of benzene rings is 2. The molecule has 0 saturated carbocycles. The summed E-state index contributed by atoms with van der Waals surface area (Å²) in [6.45, 7) is 7.22. The number of nitrogens with one attached hydrogen (secondary N) is 4. The van der Waals surface area contributed by atoms with Crippen molar-refractivity contribution in [3.05, 3.63) is 60.2 Å². The molecule has 0 unspecified atom stereocenters. The number of hydrogen-bond donors (Lipinski definition) is 4. The first-order valence-electron chi connectivity index (χ1n) is 9.47.